The third-order valence-electron chi connectivity index (χ3n) is 3.81. The molecule has 0 aliphatic carbocycles. The number of hydrogen-bond acceptors (Lipinski definition) is 4. The van der Waals surface area contributed by atoms with Crippen molar-refractivity contribution < 1.29 is 9.47 Å². The zero-order valence-corrected chi connectivity index (χ0v) is 14.8. The Hall–Kier alpha value is -0.680. The maximum atomic E-state index is 5.56. The Morgan fingerprint density at radius 3 is 1.95 bits per heavy atom. The van der Waals surface area contributed by atoms with Crippen LogP contribution >= 0.6 is 24.8 Å². The summed E-state index contributed by atoms with van der Waals surface area (Å²) in [6.45, 7) is 8.48. The Labute approximate surface area is 140 Å². The fraction of sp³-hybridized carbons (Fsp3) is 0.600. The molecule has 1 aromatic carbocycles. The van der Waals surface area contributed by atoms with Crippen molar-refractivity contribution in [3.63, 3.8) is 0 Å². The number of nitrogens with one attached hydrogen (secondary N) is 1. The Kier molecular flexibility index (Phi) is 9.06. The van der Waals surface area contributed by atoms with Gasteiger partial charge in [0.25, 0.3) is 0 Å². The number of aryl methyl sites for hydroxylation is 1. The number of methoxy groups -OCH3 is 2. The molecule has 0 radical (unpaired) electrons. The van der Waals surface area contributed by atoms with Gasteiger partial charge in [-0.25, -0.2) is 0 Å². The van der Waals surface area contributed by atoms with Gasteiger partial charge < -0.3 is 14.8 Å². The van der Waals surface area contributed by atoms with Crippen LogP contribution in [0.5, 0.6) is 11.5 Å². The van der Waals surface area contributed by atoms with Crippen LogP contribution < -0.4 is 14.8 Å². The number of hydrogen-bond donors (Lipinski definition) is 1. The Morgan fingerprint density at radius 2 is 1.52 bits per heavy atom. The summed E-state index contributed by atoms with van der Waals surface area (Å²) in [7, 11) is 3.45. The van der Waals surface area contributed by atoms with Gasteiger partial charge in [-0.2, -0.15) is 0 Å². The van der Waals surface area contributed by atoms with E-state index in [-0.39, 0.29) is 24.8 Å². The summed E-state index contributed by atoms with van der Waals surface area (Å²) in [5.41, 5.74) is 2.31. The highest BCUT2D eigenvalue weighted by molar-refractivity contribution is 5.85. The van der Waals surface area contributed by atoms with Gasteiger partial charge in [0.05, 0.1) is 19.8 Å². The fourth-order valence-corrected chi connectivity index (χ4v) is 2.73. The van der Waals surface area contributed by atoms with E-state index in [1.54, 1.807) is 14.2 Å². The van der Waals surface area contributed by atoms with Crippen molar-refractivity contribution in [3.8, 4) is 11.5 Å². The first-order chi connectivity index (χ1) is 9.17. The van der Waals surface area contributed by atoms with Gasteiger partial charge >= 0.3 is 0 Å². The lowest BCUT2D eigenvalue weighted by Crippen LogP contribution is -2.44. The highest BCUT2D eigenvalue weighted by Gasteiger charge is 2.24. The molecule has 1 fully saturated rings. The first kappa shape index (κ1) is 20.3. The van der Waals surface area contributed by atoms with Crippen molar-refractivity contribution in [3.05, 3.63) is 23.3 Å². The van der Waals surface area contributed by atoms with Crippen molar-refractivity contribution in [1.29, 1.82) is 0 Å². The summed E-state index contributed by atoms with van der Waals surface area (Å²) in [6, 6.07) is 4.46. The topological polar surface area (TPSA) is 33.7 Å². The van der Waals surface area contributed by atoms with Crippen LogP contribution in [-0.2, 0) is 0 Å². The van der Waals surface area contributed by atoms with Crippen molar-refractivity contribution in [2.24, 2.45) is 0 Å². The van der Waals surface area contributed by atoms with E-state index < -0.39 is 0 Å². The summed E-state index contributed by atoms with van der Waals surface area (Å²) in [6.07, 6.45) is 0. The van der Waals surface area contributed by atoms with Crippen LogP contribution in [0.25, 0.3) is 0 Å². The largest absolute Gasteiger partial charge is 0.496 e. The van der Waals surface area contributed by atoms with Gasteiger partial charge in [-0.15, -0.1) is 24.8 Å². The molecule has 0 saturated carbocycles. The average molecular weight is 337 g/mol. The molecule has 1 aliphatic heterocycles. The molecule has 0 spiro atoms. The molecule has 6 heteroatoms. The molecule has 21 heavy (non-hydrogen) atoms. The van der Waals surface area contributed by atoms with E-state index in [1.165, 1.54) is 0 Å². The number of nitrogens with zero attached hydrogens (tertiary/aromatic N) is 1. The quantitative estimate of drug-likeness (QED) is 0.916. The summed E-state index contributed by atoms with van der Waals surface area (Å²) in [5, 5.41) is 3.38. The Balaban J connectivity index is 0.00000200. The molecule has 0 amide bonds. The normalized spacial score (nSPS) is 16.4. The highest BCUT2D eigenvalue weighted by atomic mass is 35.5. The average Bonchev–Trinajstić information content (AvgIpc) is 2.46. The number of benzene rings is 1. The number of ether oxygens (including phenoxy) is 2. The van der Waals surface area contributed by atoms with Crippen LogP contribution in [-0.4, -0.2) is 45.3 Å². The van der Waals surface area contributed by atoms with Crippen LogP contribution in [0.3, 0.4) is 0 Å². The van der Waals surface area contributed by atoms with Crippen molar-refractivity contribution in [1.82, 2.24) is 10.2 Å². The van der Waals surface area contributed by atoms with E-state index in [0.29, 0.717) is 6.04 Å². The number of piperazine rings is 1. The Morgan fingerprint density at radius 1 is 1.05 bits per heavy atom. The van der Waals surface area contributed by atoms with E-state index in [2.05, 4.69) is 36.2 Å². The molecule has 1 saturated heterocycles. The van der Waals surface area contributed by atoms with E-state index in [9.17, 15) is 0 Å². The van der Waals surface area contributed by atoms with Crippen molar-refractivity contribution >= 4 is 24.8 Å². The molecule has 0 unspecified atom stereocenters. The van der Waals surface area contributed by atoms with E-state index in [1.807, 2.05) is 0 Å². The minimum atomic E-state index is 0. The van der Waals surface area contributed by atoms with Gasteiger partial charge in [0, 0.05) is 32.2 Å². The Bertz CT molecular complexity index is 413. The van der Waals surface area contributed by atoms with Crippen LogP contribution in [0.2, 0.25) is 0 Å². The summed E-state index contributed by atoms with van der Waals surface area (Å²) < 4.78 is 11.1. The van der Waals surface area contributed by atoms with Gasteiger partial charge in [-0.1, -0.05) is 0 Å². The summed E-state index contributed by atoms with van der Waals surface area (Å²) in [4.78, 5) is 2.46. The molecular formula is C15H26Cl2N2O2. The lowest BCUT2D eigenvalue weighted by molar-refractivity contribution is 0.179. The maximum absolute atomic E-state index is 5.56. The SMILES string of the molecule is COc1cc(C)cc(OC)c1[C@H](C)N1CCNCC1.Cl.Cl. The summed E-state index contributed by atoms with van der Waals surface area (Å²) >= 11 is 0. The standard InChI is InChI=1S/C15H24N2O2.2ClH/c1-11-9-13(18-3)15(14(10-11)19-4)12(2)17-7-5-16-6-8-17;;/h9-10,12,16H,5-8H2,1-4H3;2*1H/t12-;;/m0../s1. The van der Waals surface area contributed by atoms with E-state index in [0.717, 1.165) is 48.8 Å². The second-order valence-electron chi connectivity index (χ2n) is 5.05. The molecule has 0 bridgehead atoms. The molecule has 122 valence electrons. The van der Waals surface area contributed by atoms with Gasteiger partial charge in [0.1, 0.15) is 11.5 Å². The molecule has 2 rings (SSSR count). The second kappa shape index (κ2) is 9.36. The zero-order valence-electron chi connectivity index (χ0n) is 13.1. The molecule has 4 nitrogen and oxygen atoms in total. The van der Waals surface area contributed by atoms with Crippen LogP contribution in [0.4, 0.5) is 0 Å². The number of rotatable bonds is 4. The van der Waals surface area contributed by atoms with Gasteiger partial charge in [-0.3, -0.25) is 4.90 Å². The van der Waals surface area contributed by atoms with Crippen molar-refractivity contribution in [2.75, 3.05) is 40.4 Å². The van der Waals surface area contributed by atoms with Crippen molar-refractivity contribution in [2.45, 2.75) is 19.9 Å². The summed E-state index contributed by atoms with van der Waals surface area (Å²) in [5.74, 6) is 1.84. The number of halogens is 2. The molecule has 1 aromatic rings. The molecule has 1 aliphatic rings. The first-order valence-electron chi connectivity index (χ1n) is 6.84. The molecule has 1 atom stereocenters. The first-order valence-corrected chi connectivity index (χ1v) is 6.84. The molecule has 1 N–H and O–H groups in total. The lowest BCUT2D eigenvalue weighted by atomic mass is 10.0. The van der Waals surface area contributed by atoms with E-state index in [4.69, 9.17) is 9.47 Å². The predicted molar refractivity (Wildman–Crippen MR) is 91.6 cm³/mol. The van der Waals surface area contributed by atoms with Crippen LogP contribution in [0.1, 0.15) is 24.1 Å². The predicted octanol–water partition coefficient (Wildman–Crippen LogP) is 2.82. The smallest absolute Gasteiger partial charge is 0.127 e. The van der Waals surface area contributed by atoms with Gasteiger partial charge in [0.2, 0.25) is 0 Å². The fourth-order valence-electron chi connectivity index (χ4n) is 2.73. The zero-order chi connectivity index (χ0) is 13.8. The van der Waals surface area contributed by atoms with Crippen LogP contribution in [0.15, 0.2) is 12.1 Å². The van der Waals surface area contributed by atoms with Gasteiger partial charge in [-0.05, 0) is 31.5 Å². The monoisotopic (exact) mass is 336 g/mol. The van der Waals surface area contributed by atoms with E-state index >= 15 is 0 Å². The van der Waals surface area contributed by atoms with Crippen LogP contribution in [0, 0.1) is 6.92 Å². The van der Waals surface area contributed by atoms with Gasteiger partial charge in [0.15, 0.2) is 0 Å². The maximum Gasteiger partial charge on any atom is 0.127 e. The highest BCUT2D eigenvalue weighted by Crippen LogP contribution is 2.38. The lowest BCUT2D eigenvalue weighted by Gasteiger charge is -2.34. The second-order valence-corrected chi connectivity index (χ2v) is 5.05. The molecule has 0 aromatic heterocycles. The minimum absolute atomic E-state index is 0. The molecule has 1 heterocycles. The molecular weight excluding hydrogens is 311 g/mol. The minimum Gasteiger partial charge on any atom is -0.496 e. The third kappa shape index (κ3) is 4.65. The third-order valence-corrected chi connectivity index (χ3v) is 3.81.